The van der Waals surface area contributed by atoms with E-state index < -0.39 is 25.3 Å². The van der Waals surface area contributed by atoms with Crippen molar-refractivity contribution in [3.63, 3.8) is 0 Å². The number of ether oxygens (including phenoxy) is 3. The van der Waals surface area contributed by atoms with Crippen molar-refractivity contribution in [1.29, 1.82) is 0 Å². The number of carbonyl (C=O) groups excluding carboxylic acids is 3. The number of esters is 2. The molecule has 1 aliphatic rings. The molecule has 0 aromatic rings. The minimum Gasteiger partial charge on any atom is -0.462 e. The zero-order chi connectivity index (χ0) is 36.9. The number of rotatable bonds is 35. The maximum Gasteiger partial charge on any atom is 0.325 e. The number of hydrogen-bond acceptors (Lipinski definition) is 9. The third-order valence-electron chi connectivity index (χ3n) is 8.99. The minimum atomic E-state index is -4.05. The standard InChI is InChI=1S/C37H71N2O9PS/c1-3-5-7-9-11-13-15-17-19-22-34(40)47-28-32(48-35(41)23-20-18-16-14-12-10-8-6-4-2)29-50-30-33(38)36(42)39-37(24-25-37)31-46-26-21-27-49(43,44)45/h32-33H,3-31,38H2,1-2H3,(H,39,42)(H2,43,44,45)/t32-,33+/m1/s1. The van der Waals surface area contributed by atoms with E-state index in [2.05, 4.69) is 19.2 Å². The average molecular weight is 751 g/mol. The van der Waals surface area contributed by atoms with Gasteiger partial charge in [-0.05, 0) is 32.1 Å². The van der Waals surface area contributed by atoms with Crippen molar-refractivity contribution in [3.05, 3.63) is 0 Å². The second kappa shape index (κ2) is 29.3. The molecule has 0 bridgehead atoms. The van der Waals surface area contributed by atoms with Gasteiger partial charge in [0.15, 0.2) is 0 Å². The Kier molecular flexibility index (Phi) is 27.5. The van der Waals surface area contributed by atoms with Gasteiger partial charge in [-0.25, -0.2) is 0 Å². The first-order valence-electron chi connectivity index (χ1n) is 19.6. The van der Waals surface area contributed by atoms with E-state index in [1.54, 1.807) is 0 Å². The Balaban J connectivity index is 2.43. The van der Waals surface area contributed by atoms with Gasteiger partial charge in [0.2, 0.25) is 5.91 Å². The highest BCUT2D eigenvalue weighted by Gasteiger charge is 2.45. The van der Waals surface area contributed by atoms with Crippen LogP contribution >= 0.6 is 19.4 Å². The molecule has 0 spiro atoms. The molecule has 2 atom stereocenters. The van der Waals surface area contributed by atoms with E-state index in [1.807, 2.05) is 0 Å². The molecule has 50 heavy (non-hydrogen) atoms. The van der Waals surface area contributed by atoms with Gasteiger partial charge in [-0.3, -0.25) is 18.9 Å². The second-order valence-corrected chi connectivity index (χ2v) is 17.0. The van der Waals surface area contributed by atoms with Gasteiger partial charge in [-0.1, -0.05) is 117 Å². The van der Waals surface area contributed by atoms with Crippen LogP contribution in [0.3, 0.4) is 0 Å². The number of carbonyl (C=O) groups is 3. The van der Waals surface area contributed by atoms with Crippen LogP contribution in [-0.4, -0.2) is 82.8 Å². The Bertz CT molecular complexity index is 948. The molecule has 0 heterocycles. The molecular weight excluding hydrogens is 679 g/mol. The lowest BCUT2D eigenvalue weighted by Crippen LogP contribution is -2.49. The van der Waals surface area contributed by atoms with Crippen molar-refractivity contribution in [3.8, 4) is 0 Å². The van der Waals surface area contributed by atoms with E-state index in [4.69, 9.17) is 29.7 Å². The number of unbranched alkanes of at least 4 members (excludes halogenated alkanes) is 16. The van der Waals surface area contributed by atoms with Crippen LogP contribution in [0.1, 0.15) is 162 Å². The first-order valence-corrected chi connectivity index (χ1v) is 22.6. The van der Waals surface area contributed by atoms with Crippen LogP contribution in [0.2, 0.25) is 0 Å². The van der Waals surface area contributed by atoms with Gasteiger partial charge in [0, 0.05) is 31.0 Å². The fourth-order valence-electron chi connectivity index (χ4n) is 5.63. The number of thioether (sulfide) groups is 1. The maximum atomic E-state index is 12.8. The normalized spacial score (nSPS) is 15.0. The third-order valence-corrected chi connectivity index (χ3v) is 11.1. The largest absolute Gasteiger partial charge is 0.462 e. The fraction of sp³-hybridized carbons (Fsp3) is 0.919. The van der Waals surface area contributed by atoms with E-state index in [9.17, 15) is 18.9 Å². The van der Waals surface area contributed by atoms with Crippen LogP contribution in [-0.2, 0) is 33.2 Å². The molecule has 5 N–H and O–H groups in total. The molecule has 1 amide bonds. The van der Waals surface area contributed by atoms with Crippen molar-refractivity contribution in [1.82, 2.24) is 5.32 Å². The SMILES string of the molecule is CCCCCCCCCCCC(=O)OC[C@H](CSC[C@H](N)C(=O)NC1(COCCCP(=O)(O)O)CC1)OC(=O)CCCCCCCCCCC. The van der Waals surface area contributed by atoms with Crippen molar-refractivity contribution in [2.75, 3.05) is 37.5 Å². The lowest BCUT2D eigenvalue weighted by atomic mass is 10.1. The molecule has 0 aromatic heterocycles. The molecule has 1 rings (SSSR count). The first kappa shape index (κ1) is 46.9. The first-order chi connectivity index (χ1) is 24.0. The maximum absolute atomic E-state index is 12.8. The van der Waals surface area contributed by atoms with Crippen molar-refractivity contribution in [2.45, 2.75) is 179 Å². The van der Waals surface area contributed by atoms with Crippen molar-refractivity contribution < 1.29 is 42.9 Å². The Morgan fingerprint density at radius 2 is 1.26 bits per heavy atom. The van der Waals surface area contributed by atoms with Crippen LogP contribution in [0, 0.1) is 0 Å². The zero-order valence-corrected chi connectivity index (χ0v) is 33.1. The molecule has 0 saturated heterocycles. The predicted octanol–water partition coefficient (Wildman–Crippen LogP) is 7.58. The highest BCUT2D eigenvalue weighted by atomic mass is 32.2. The van der Waals surface area contributed by atoms with Crippen LogP contribution in [0.15, 0.2) is 0 Å². The smallest absolute Gasteiger partial charge is 0.325 e. The number of hydrogen-bond donors (Lipinski definition) is 4. The summed E-state index contributed by atoms with van der Waals surface area (Å²) in [7, 11) is -4.05. The van der Waals surface area contributed by atoms with Crippen LogP contribution in [0.4, 0.5) is 0 Å². The van der Waals surface area contributed by atoms with E-state index >= 15 is 0 Å². The molecule has 1 saturated carbocycles. The highest BCUT2D eigenvalue weighted by molar-refractivity contribution is 7.99. The molecular formula is C37H71N2O9PS. The summed E-state index contributed by atoms with van der Waals surface area (Å²) < 4.78 is 27.8. The van der Waals surface area contributed by atoms with Crippen molar-refractivity contribution in [2.24, 2.45) is 5.73 Å². The summed E-state index contributed by atoms with van der Waals surface area (Å²) in [6, 6.07) is -0.792. The molecule has 0 aromatic carbocycles. The zero-order valence-electron chi connectivity index (χ0n) is 31.3. The molecule has 1 aliphatic carbocycles. The lowest BCUT2D eigenvalue weighted by molar-refractivity contribution is -0.157. The summed E-state index contributed by atoms with van der Waals surface area (Å²) in [5.41, 5.74) is 5.70. The Morgan fingerprint density at radius 3 is 1.76 bits per heavy atom. The van der Waals surface area contributed by atoms with Crippen LogP contribution in [0.25, 0.3) is 0 Å². The van der Waals surface area contributed by atoms with Gasteiger partial charge in [0.25, 0.3) is 0 Å². The summed E-state index contributed by atoms with van der Waals surface area (Å²) in [5, 5.41) is 2.97. The third kappa shape index (κ3) is 27.5. The highest BCUT2D eigenvalue weighted by Crippen LogP contribution is 2.37. The average Bonchev–Trinajstić information content (AvgIpc) is 3.83. The van der Waals surface area contributed by atoms with Gasteiger partial charge in [0.1, 0.15) is 12.7 Å². The molecule has 294 valence electrons. The number of amides is 1. The summed E-state index contributed by atoms with van der Waals surface area (Å²) in [5.74, 6) is -0.243. The molecule has 0 radical (unpaired) electrons. The summed E-state index contributed by atoms with van der Waals surface area (Å²) in [6.45, 7) is 4.88. The van der Waals surface area contributed by atoms with E-state index in [1.165, 1.54) is 88.8 Å². The Morgan fingerprint density at radius 1 is 0.760 bits per heavy atom. The molecule has 0 aliphatic heterocycles. The quantitative estimate of drug-likeness (QED) is 0.0286. The molecule has 13 heteroatoms. The summed E-state index contributed by atoms with van der Waals surface area (Å²) in [6.07, 6.45) is 22.4. The predicted molar refractivity (Wildman–Crippen MR) is 202 cm³/mol. The molecule has 0 unspecified atom stereocenters. The topological polar surface area (TPSA) is 174 Å². The Labute approximate surface area is 307 Å². The lowest BCUT2D eigenvalue weighted by Gasteiger charge is -2.21. The van der Waals surface area contributed by atoms with Gasteiger partial charge < -0.3 is 35.0 Å². The van der Waals surface area contributed by atoms with Crippen molar-refractivity contribution >= 4 is 37.2 Å². The van der Waals surface area contributed by atoms with E-state index in [0.29, 0.717) is 24.3 Å². The molecule has 11 nitrogen and oxygen atoms in total. The second-order valence-electron chi connectivity index (χ2n) is 14.2. The monoisotopic (exact) mass is 750 g/mol. The van der Waals surface area contributed by atoms with E-state index in [0.717, 1.165) is 51.4 Å². The van der Waals surface area contributed by atoms with Gasteiger partial charge in [0.05, 0.1) is 24.3 Å². The van der Waals surface area contributed by atoms with Crippen LogP contribution < -0.4 is 11.1 Å². The molecule has 1 fully saturated rings. The Hall–Kier alpha value is -1.17. The fourth-order valence-corrected chi connectivity index (χ4v) is 7.14. The number of nitrogens with one attached hydrogen (secondary N) is 1. The summed E-state index contributed by atoms with van der Waals surface area (Å²) >= 11 is 1.38. The van der Waals surface area contributed by atoms with Gasteiger partial charge >= 0.3 is 19.5 Å². The minimum absolute atomic E-state index is 0.0172. The van der Waals surface area contributed by atoms with Crippen LogP contribution in [0.5, 0.6) is 0 Å². The van der Waals surface area contributed by atoms with Gasteiger partial charge in [-0.2, -0.15) is 11.8 Å². The summed E-state index contributed by atoms with van der Waals surface area (Å²) in [4.78, 5) is 55.9. The van der Waals surface area contributed by atoms with Gasteiger partial charge in [-0.15, -0.1) is 0 Å². The van der Waals surface area contributed by atoms with E-state index in [-0.39, 0.29) is 50.2 Å². The number of nitrogens with two attached hydrogens (primary N) is 1.